The molecule has 0 amide bonds. The van der Waals surface area contributed by atoms with Gasteiger partial charge in [0.25, 0.3) is 0 Å². The minimum absolute atomic E-state index is 0.0203. The van der Waals surface area contributed by atoms with E-state index in [9.17, 15) is 9.90 Å². The fourth-order valence-corrected chi connectivity index (χ4v) is 2.27. The molecule has 2 aromatic rings. The fourth-order valence-electron chi connectivity index (χ4n) is 2.14. The van der Waals surface area contributed by atoms with Gasteiger partial charge in [0.05, 0.1) is 5.56 Å². The molecule has 2 aromatic carbocycles. The molecule has 5 heteroatoms. The molecule has 0 aliphatic rings. The van der Waals surface area contributed by atoms with E-state index in [-0.39, 0.29) is 11.6 Å². The predicted molar refractivity (Wildman–Crippen MR) is 86.0 cm³/mol. The Hall–Kier alpha value is -2.20. The van der Waals surface area contributed by atoms with Crippen LogP contribution < -0.4 is 11.1 Å². The number of aromatic carboxylic acids is 1. The van der Waals surface area contributed by atoms with E-state index >= 15 is 0 Å². The molecule has 21 heavy (non-hydrogen) atoms. The first-order valence-corrected chi connectivity index (χ1v) is 6.91. The maximum Gasteiger partial charge on any atom is 0.337 e. The molecule has 1 unspecified atom stereocenters. The summed E-state index contributed by atoms with van der Waals surface area (Å²) < 4.78 is 0. The van der Waals surface area contributed by atoms with Crippen molar-refractivity contribution in [3.63, 3.8) is 0 Å². The van der Waals surface area contributed by atoms with Gasteiger partial charge < -0.3 is 16.2 Å². The van der Waals surface area contributed by atoms with Crippen molar-refractivity contribution >= 4 is 28.9 Å². The number of halogens is 1. The molecule has 0 radical (unpaired) electrons. The topological polar surface area (TPSA) is 75.3 Å². The highest BCUT2D eigenvalue weighted by atomic mass is 35.5. The van der Waals surface area contributed by atoms with Crippen molar-refractivity contribution in [3.05, 3.63) is 58.1 Å². The number of carboxylic acid groups (broad SMARTS) is 1. The van der Waals surface area contributed by atoms with Gasteiger partial charge in [-0.3, -0.25) is 0 Å². The number of nitrogen functional groups attached to an aromatic ring is 1. The Morgan fingerprint density at radius 3 is 2.48 bits per heavy atom. The van der Waals surface area contributed by atoms with Gasteiger partial charge in [0, 0.05) is 22.4 Å². The molecule has 0 saturated heterocycles. The quantitative estimate of drug-likeness (QED) is 0.743. The zero-order chi connectivity index (χ0) is 15.6. The molecule has 0 spiro atoms. The third kappa shape index (κ3) is 3.47. The summed E-state index contributed by atoms with van der Waals surface area (Å²) in [4.78, 5) is 11.2. The van der Waals surface area contributed by atoms with Crippen molar-refractivity contribution in [2.45, 2.75) is 19.9 Å². The van der Waals surface area contributed by atoms with Crippen LogP contribution in [0.25, 0.3) is 0 Å². The number of nitrogens with two attached hydrogens (primary N) is 1. The Morgan fingerprint density at radius 2 is 1.90 bits per heavy atom. The molecule has 4 nitrogen and oxygen atoms in total. The summed E-state index contributed by atoms with van der Waals surface area (Å²) in [5, 5.41) is 13.1. The van der Waals surface area contributed by atoms with Crippen LogP contribution in [0, 0.1) is 6.92 Å². The standard InChI is InChI=1S/C16H17ClN2O2/c1-9-7-13(8-14(15(9)18)16(20)21)19-10(2)11-3-5-12(17)6-4-11/h3-8,10,19H,18H2,1-2H3,(H,20,21). The van der Waals surface area contributed by atoms with Gasteiger partial charge in [-0.25, -0.2) is 4.79 Å². The predicted octanol–water partition coefficient (Wildman–Crippen LogP) is 4.10. The SMILES string of the molecule is Cc1cc(NC(C)c2ccc(Cl)cc2)cc(C(=O)O)c1N. The number of hydrogen-bond donors (Lipinski definition) is 3. The minimum Gasteiger partial charge on any atom is -0.478 e. The summed E-state index contributed by atoms with van der Waals surface area (Å²) >= 11 is 5.87. The van der Waals surface area contributed by atoms with Crippen LogP contribution in [-0.2, 0) is 0 Å². The van der Waals surface area contributed by atoms with Gasteiger partial charge in [0.2, 0.25) is 0 Å². The number of nitrogens with one attached hydrogen (secondary N) is 1. The van der Waals surface area contributed by atoms with E-state index in [1.807, 2.05) is 37.3 Å². The first-order chi connectivity index (χ1) is 9.88. The van der Waals surface area contributed by atoms with Crippen molar-refractivity contribution in [2.75, 3.05) is 11.1 Å². The Labute approximate surface area is 128 Å². The van der Waals surface area contributed by atoms with Crippen molar-refractivity contribution in [3.8, 4) is 0 Å². The number of hydrogen-bond acceptors (Lipinski definition) is 3. The molecule has 0 aliphatic carbocycles. The highest BCUT2D eigenvalue weighted by molar-refractivity contribution is 6.30. The summed E-state index contributed by atoms with van der Waals surface area (Å²) in [5.41, 5.74) is 8.72. The monoisotopic (exact) mass is 304 g/mol. The van der Waals surface area contributed by atoms with E-state index in [0.29, 0.717) is 10.7 Å². The van der Waals surface area contributed by atoms with E-state index in [1.54, 1.807) is 13.0 Å². The maximum absolute atomic E-state index is 11.2. The lowest BCUT2D eigenvalue weighted by molar-refractivity contribution is 0.0698. The number of carbonyl (C=O) groups is 1. The molecule has 0 aromatic heterocycles. The molecule has 0 aliphatic heterocycles. The van der Waals surface area contributed by atoms with E-state index in [4.69, 9.17) is 17.3 Å². The van der Waals surface area contributed by atoms with Crippen LogP contribution >= 0.6 is 11.6 Å². The van der Waals surface area contributed by atoms with E-state index in [1.165, 1.54) is 0 Å². The van der Waals surface area contributed by atoms with Gasteiger partial charge in [-0.15, -0.1) is 0 Å². The highest BCUT2D eigenvalue weighted by Crippen LogP contribution is 2.26. The average molecular weight is 305 g/mol. The summed E-state index contributed by atoms with van der Waals surface area (Å²) in [6, 6.07) is 10.9. The van der Waals surface area contributed by atoms with Crippen LogP contribution in [0.15, 0.2) is 36.4 Å². The third-order valence-corrected chi connectivity index (χ3v) is 3.62. The van der Waals surface area contributed by atoms with Crippen molar-refractivity contribution in [2.24, 2.45) is 0 Å². The number of aryl methyl sites for hydroxylation is 1. The summed E-state index contributed by atoms with van der Waals surface area (Å²) in [7, 11) is 0. The molecule has 1 atom stereocenters. The zero-order valence-electron chi connectivity index (χ0n) is 11.9. The van der Waals surface area contributed by atoms with E-state index in [0.717, 1.165) is 16.8 Å². The molecule has 0 saturated carbocycles. The first kappa shape index (κ1) is 15.2. The molecular weight excluding hydrogens is 288 g/mol. The first-order valence-electron chi connectivity index (χ1n) is 6.54. The number of carboxylic acids is 1. The number of rotatable bonds is 4. The van der Waals surface area contributed by atoms with E-state index in [2.05, 4.69) is 5.32 Å². The average Bonchev–Trinajstić information content (AvgIpc) is 2.43. The Morgan fingerprint density at radius 1 is 1.29 bits per heavy atom. The fraction of sp³-hybridized carbons (Fsp3) is 0.188. The highest BCUT2D eigenvalue weighted by Gasteiger charge is 2.13. The third-order valence-electron chi connectivity index (χ3n) is 3.37. The summed E-state index contributed by atoms with van der Waals surface area (Å²) in [6.07, 6.45) is 0. The summed E-state index contributed by atoms with van der Waals surface area (Å²) in [6.45, 7) is 3.79. The normalized spacial score (nSPS) is 12.0. The maximum atomic E-state index is 11.2. The summed E-state index contributed by atoms with van der Waals surface area (Å²) in [5.74, 6) is -1.03. The van der Waals surface area contributed by atoms with Gasteiger partial charge in [-0.2, -0.15) is 0 Å². The van der Waals surface area contributed by atoms with Crippen molar-refractivity contribution < 1.29 is 9.90 Å². The van der Waals surface area contributed by atoms with Crippen molar-refractivity contribution in [1.29, 1.82) is 0 Å². The zero-order valence-corrected chi connectivity index (χ0v) is 12.6. The molecule has 0 bridgehead atoms. The van der Waals surface area contributed by atoms with Gasteiger partial charge in [-0.05, 0) is 49.2 Å². The smallest absolute Gasteiger partial charge is 0.337 e. The molecule has 110 valence electrons. The molecule has 0 fully saturated rings. The van der Waals surface area contributed by atoms with Gasteiger partial charge >= 0.3 is 5.97 Å². The lowest BCUT2D eigenvalue weighted by Crippen LogP contribution is -2.10. The second-order valence-electron chi connectivity index (χ2n) is 4.98. The van der Waals surface area contributed by atoms with Crippen LogP contribution in [0.3, 0.4) is 0 Å². The van der Waals surface area contributed by atoms with Crippen LogP contribution in [0.4, 0.5) is 11.4 Å². The number of anilines is 2. The van der Waals surface area contributed by atoms with Crippen LogP contribution in [0.2, 0.25) is 5.02 Å². The molecular formula is C16H17ClN2O2. The van der Waals surface area contributed by atoms with Crippen molar-refractivity contribution in [1.82, 2.24) is 0 Å². The van der Waals surface area contributed by atoms with Crippen LogP contribution in [0.1, 0.15) is 34.5 Å². The Kier molecular flexibility index (Phi) is 4.38. The number of benzene rings is 2. The lowest BCUT2D eigenvalue weighted by atomic mass is 10.0. The lowest BCUT2D eigenvalue weighted by Gasteiger charge is -2.17. The molecule has 2 rings (SSSR count). The minimum atomic E-state index is -1.03. The van der Waals surface area contributed by atoms with Gasteiger partial charge in [0.15, 0.2) is 0 Å². The second-order valence-corrected chi connectivity index (χ2v) is 5.41. The van der Waals surface area contributed by atoms with Gasteiger partial charge in [-0.1, -0.05) is 23.7 Å². The Balaban J connectivity index is 2.27. The second kappa shape index (κ2) is 6.06. The molecule has 0 heterocycles. The van der Waals surface area contributed by atoms with Crippen LogP contribution in [0.5, 0.6) is 0 Å². The van der Waals surface area contributed by atoms with Gasteiger partial charge in [0.1, 0.15) is 0 Å². The molecule has 4 N–H and O–H groups in total. The Bertz CT molecular complexity index is 669. The van der Waals surface area contributed by atoms with Crippen LogP contribution in [-0.4, -0.2) is 11.1 Å². The largest absolute Gasteiger partial charge is 0.478 e. The van der Waals surface area contributed by atoms with E-state index < -0.39 is 5.97 Å².